The van der Waals surface area contributed by atoms with Crippen LogP contribution in [0.2, 0.25) is 0 Å². The van der Waals surface area contributed by atoms with E-state index in [0.29, 0.717) is 76.2 Å². The van der Waals surface area contributed by atoms with E-state index in [9.17, 15) is 24.3 Å². The van der Waals surface area contributed by atoms with Gasteiger partial charge in [-0.2, -0.15) is 0 Å². The molecule has 48 heavy (non-hydrogen) atoms. The van der Waals surface area contributed by atoms with Gasteiger partial charge in [0.05, 0.1) is 25.0 Å². The fourth-order valence-corrected chi connectivity index (χ4v) is 6.39. The third kappa shape index (κ3) is 8.32. The molecule has 2 aliphatic rings. The number of carbonyl (C=O) groups excluding carboxylic acids is 4. The van der Waals surface area contributed by atoms with E-state index in [0.717, 1.165) is 21.5 Å². The molecule has 2 aliphatic heterocycles. The molecule has 4 aromatic carbocycles. The lowest BCUT2D eigenvalue weighted by Gasteiger charge is -2.31. The van der Waals surface area contributed by atoms with Crippen LogP contribution in [0.25, 0.3) is 21.5 Å². The summed E-state index contributed by atoms with van der Waals surface area (Å²) in [5.41, 5.74) is 2.55. The topological polar surface area (TPSA) is 113 Å². The van der Waals surface area contributed by atoms with Crippen LogP contribution in [0.4, 0.5) is 0 Å². The summed E-state index contributed by atoms with van der Waals surface area (Å²) in [6.07, 6.45) is 2.65. The number of rotatable bonds is 6. The minimum atomic E-state index is -0.157. The van der Waals surface area contributed by atoms with Crippen molar-refractivity contribution in [3.63, 3.8) is 0 Å². The third-order valence-corrected chi connectivity index (χ3v) is 9.12. The molecule has 0 unspecified atom stereocenters. The molecule has 0 aliphatic carbocycles. The number of amides is 2. The standard InChI is InChI=1S/C20H23NO3.C19H21NO4/c1-3-24-20(23)15-8-10-21(11-9-15)19(22)18-7-6-16-12-14(2)4-5-17(16)13-18;1-2-24-19(23)13-7-9-20(10-8-13)18(22)16-4-3-15-12-17(21)6-5-14(15)11-16/h4-7,12-13,15H,3,8-11H2,1-2H3;3-6,11-13,21H,2,7-10H2,1H3. The first-order valence-corrected chi connectivity index (χ1v) is 16.8. The quantitative estimate of drug-likeness (QED) is 0.236. The fourth-order valence-electron chi connectivity index (χ4n) is 6.39. The highest BCUT2D eigenvalue weighted by molar-refractivity contribution is 6.00. The summed E-state index contributed by atoms with van der Waals surface area (Å²) in [4.78, 5) is 52.6. The lowest BCUT2D eigenvalue weighted by molar-refractivity contribution is -0.150. The molecule has 2 fully saturated rings. The number of phenolic OH excluding ortho intramolecular Hbond substituents is 1. The molecule has 9 nitrogen and oxygen atoms in total. The Morgan fingerprint density at radius 2 is 1.00 bits per heavy atom. The number of esters is 2. The summed E-state index contributed by atoms with van der Waals surface area (Å²) < 4.78 is 10.1. The predicted molar refractivity (Wildman–Crippen MR) is 185 cm³/mol. The Morgan fingerprint density at radius 3 is 1.46 bits per heavy atom. The zero-order valence-corrected chi connectivity index (χ0v) is 27.9. The molecule has 0 saturated carbocycles. The first kappa shape index (κ1) is 34.4. The van der Waals surface area contributed by atoms with Crippen molar-refractivity contribution in [2.24, 2.45) is 11.8 Å². The molecule has 0 spiro atoms. The van der Waals surface area contributed by atoms with E-state index in [4.69, 9.17) is 9.47 Å². The number of aromatic hydroxyl groups is 1. The van der Waals surface area contributed by atoms with Gasteiger partial charge in [0.1, 0.15) is 5.75 Å². The number of nitrogens with zero attached hydrogens (tertiary/aromatic N) is 2. The first-order chi connectivity index (χ1) is 23.2. The maximum atomic E-state index is 12.7. The Hall–Kier alpha value is -4.92. The van der Waals surface area contributed by atoms with E-state index in [-0.39, 0.29) is 41.3 Å². The molecular formula is C39H44N2O7. The molecule has 0 radical (unpaired) electrons. The number of hydrogen-bond acceptors (Lipinski definition) is 7. The normalized spacial score (nSPS) is 15.5. The number of ether oxygens (including phenoxy) is 2. The fraction of sp³-hybridized carbons (Fsp3) is 0.385. The molecule has 252 valence electrons. The third-order valence-electron chi connectivity index (χ3n) is 9.12. The second kappa shape index (κ2) is 15.8. The van der Waals surface area contributed by atoms with Crippen LogP contribution in [-0.2, 0) is 19.1 Å². The van der Waals surface area contributed by atoms with E-state index < -0.39 is 0 Å². The molecule has 0 aromatic heterocycles. The zero-order valence-electron chi connectivity index (χ0n) is 27.9. The maximum absolute atomic E-state index is 12.7. The summed E-state index contributed by atoms with van der Waals surface area (Å²) in [5.74, 6) is -0.238. The minimum Gasteiger partial charge on any atom is -0.508 e. The van der Waals surface area contributed by atoms with Gasteiger partial charge >= 0.3 is 11.9 Å². The second-order valence-electron chi connectivity index (χ2n) is 12.4. The second-order valence-corrected chi connectivity index (χ2v) is 12.4. The Labute approximate surface area is 281 Å². The molecule has 2 heterocycles. The van der Waals surface area contributed by atoms with Gasteiger partial charge in [0.25, 0.3) is 11.8 Å². The van der Waals surface area contributed by atoms with Crippen molar-refractivity contribution in [1.82, 2.24) is 9.80 Å². The smallest absolute Gasteiger partial charge is 0.309 e. The van der Waals surface area contributed by atoms with Gasteiger partial charge in [-0.3, -0.25) is 19.2 Å². The highest BCUT2D eigenvalue weighted by atomic mass is 16.5. The largest absolute Gasteiger partial charge is 0.508 e. The van der Waals surface area contributed by atoms with Crippen LogP contribution in [0.15, 0.2) is 72.8 Å². The van der Waals surface area contributed by atoms with Crippen molar-refractivity contribution < 1.29 is 33.8 Å². The van der Waals surface area contributed by atoms with E-state index in [1.54, 1.807) is 36.1 Å². The SMILES string of the molecule is CCOC(=O)C1CCN(C(=O)c2ccc3cc(C)ccc3c2)CC1.CCOC(=O)C1CCN(C(=O)c2ccc3cc(O)ccc3c2)CC1. The van der Waals surface area contributed by atoms with Gasteiger partial charge in [0, 0.05) is 37.3 Å². The van der Waals surface area contributed by atoms with Crippen LogP contribution < -0.4 is 0 Å². The van der Waals surface area contributed by atoms with Crippen molar-refractivity contribution in [3.8, 4) is 5.75 Å². The van der Waals surface area contributed by atoms with E-state index >= 15 is 0 Å². The average molecular weight is 653 g/mol. The number of hydrogen-bond donors (Lipinski definition) is 1. The molecular weight excluding hydrogens is 608 g/mol. The van der Waals surface area contributed by atoms with Crippen LogP contribution in [0.5, 0.6) is 5.75 Å². The highest BCUT2D eigenvalue weighted by Gasteiger charge is 2.30. The number of benzene rings is 4. The van der Waals surface area contributed by atoms with Gasteiger partial charge in [-0.1, -0.05) is 42.0 Å². The number of phenols is 1. The van der Waals surface area contributed by atoms with Gasteiger partial charge in [-0.05, 0) is 104 Å². The maximum Gasteiger partial charge on any atom is 0.309 e. The number of aryl methyl sites for hydroxylation is 1. The molecule has 2 amide bonds. The molecule has 4 aromatic rings. The Kier molecular flexibility index (Phi) is 11.3. The summed E-state index contributed by atoms with van der Waals surface area (Å²) in [6.45, 7) is 8.83. The minimum absolute atomic E-state index is 0.0210. The van der Waals surface area contributed by atoms with Crippen molar-refractivity contribution in [2.45, 2.75) is 46.5 Å². The Balaban J connectivity index is 0.000000188. The molecule has 2 saturated heterocycles. The summed E-state index contributed by atoms with van der Waals surface area (Å²) in [6, 6.07) is 22.6. The van der Waals surface area contributed by atoms with Gasteiger partial charge in [0.15, 0.2) is 0 Å². The average Bonchev–Trinajstić information content (AvgIpc) is 3.11. The van der Waals surface area contributed by atoms with Crippen molar-refractivity contribution in [3.05, 3.63) is 89.5 Å². The zero-order chi connectivity index (χ0) is 34.2. The number of likely N-dealkylation sites (tertiary alicyclic amines) is 2. The summed E-state index contributed by atoms with van der Waals surface area (Å²) in [5, 5.41) is 13.5. The van der Waals surface area contributed by atoms with Crippen LogP contribution in [0, 0.1) is 18.8 Å². The molecule has 1 N–H and O–H groups in total. The van der Waals surface area contributed by atoms with Gasteiger partial charge in [-0.15, -0.1) is 0 Å². The molecule has 0 atom stereocenters. The summed E-state index contributed by atoms with van der Waals surface area (Å²) >= 11 is 0. The summed E-state index contributed by atoms with van der Waals surface area (Å²) in [7, 11) is 0. The molecule has 9 heteroatoms. The monoisotopic (exact) mass is 652 g/mol. The molecule has 6 rings (SSSR count). The van der Waals surface area contributed by atoms with Gasteiger partial charge < -0.3 is 24.4 Å². The van der Waals surface area contributed by atoms with Crippen LogP contribution in [-0.4, -0.2) is 78.1 Å². The van der Waals surface area contributed by atoms with E-state index in [1.807, 2.05) is 42.2 Å². The number of piperidine rings is 2. The van der Waals surface area contributed by atoms with E-state index in [2.05, 4.69) is 25.1 Å². The van der Waals surface area contributed by atoms with Gasteiger partial charge in [0.2, 0.25) is 0 Å². The van der Waals surface area contributed by atoms with Crippen molar-refractivity contribution in [2.75, 3.05) is 39.4 Å². The Morgan fingerprint density at radius 1 is 0.604 bits per heavy atom. The van der Waals surface area contributed by atoms with Gasteiger partial charge in [-0.25, -0.2) is 0 Å². The van der Waals surface area contributed by atoms with Crippen molar-refractivity contribution >= 4 is 45.3 Å². The first-order valence-electron chi connectivity index (χ1n) is 16.8. The predicted octanol–water partition coefficient (Wildman–Crippen LogP) is 6.52. The van der Waals surface area contributed by atoms with Crippen molar-refractivity contribution in [1.29, 1.82) is 0 Å². The lowest BCUT2D eigenvalue weighted by atomic mass is 9.96. The van der Waals surface area contributed by atoms with Crippen LogP contribution in [0.1, 0.15) is 65.8 Å². The van der Waals surface area contributed by atoms with E-state index in [1.165, 1.54) is 5.56 Å². The number of fused-ring (bicyclic) bond motifs is 2. The van der Waals surface area contributed by atoms with Crippen LogP contribution in [0.3, 0.4) is 0 Å². The molecule has 0 bridgehead atoms. The number of carbonyl (C=O) groups is 4. The lowest BCUT2D eigenvalue weighted by Crippen LogP contribution is -2.40. The van der Waals surface area contributed by atoms with Crippen LogP contribution >= 0.6 is 0 Å². The Bertz CT molecular complexity index is 1650. The highest BCUT2D eigenvalue weighted by Crippen LogP contribution is 2.25.